The summed E-state index contributed by atoms with van der Waals surface area (Å²) in [6, 6.07) is 3.35. The van der Waals surface area contributed by atoms with Gasteiger partial charge in [-0.25, -0.2) is 19.9 Å². The highest BCUT2D eigenvalue weighted by Gasteiger charge is 2.33. The highest BCUT2D eigenvalue weighted by atomic mass is 16.5. The summed E-state index contributed by atoms with van der Waals surface area (Å²) < 4.78 is 11.0. The summed E-state index contributed by atoms with van der Waals surface area (Å²) in [6.45, 7) is 3.56. The van der Waals surface area contributed by atoms with Gasteiger partial charge in [0.15, 0.2) is 6.04 Å². The summed E-state index contributed by atoms with van der Waals surface area (Å²) in [6.07, 6.45) is 2.92. The number of benzene rings is 1. The monoisotopic (exact) mass is 647 g/mol. The van der Waals surface area contributed by atoms with Gasteiger partial charge in [0.25, 0.3) is 5.91 Å². The highest BCUT2D eigenvalue weighted by molar-refractivity contribution is 6.00. The van der Waals surface area contributed by atoms with Gasteiger partial charge in [0, 0.05) is 19.5 Å². The smallest absolute Gasteiger partial charge is 0.328 e. The summed E-state index contributed by atoms with van der Waals surface area (Å²) in [5.41, 5.74) is 0.320. The number of hydroxylamine groups is 4. The van der Waals surface area contributed by atoms with Crippen LogP contribution in [0.5, 0.6) is 5.75 Å². The third-order valence-corrected chi connectivity index (χ3v) is 7.62. The van der Waals surface area contributed by atoms with E-state index >= 15 is 0 Å². The number of phenolic OH excluding ortho intramolecular Hbond substituents is 1. The van der Waals surface area contributed by atoms with Crippen molar-refractivity contribution in [3.05, 3.63) is 29.8 Å². The van der Waals surface area contributed by atoms with Gasteiger partial charge < -0.3 is 25.2 Å². The van der Waals surface area contributed by atoms with E-state index in [-0.39, 0.29) is 50.6 Å². The number of ether oxygens (including phenoxy) is 2. The van der Waals surface area contributed by atoms with Gasteiger partial charge in [-0.15, -0.1) is 0 Å². The number of unbranched alkanes of at least 4 members (excludes halogenated alkanes) is 2. The van der Waals surface area contributed by atoms with Crippen LogP contribution in [0.1, 0.15) is 83.6 Å². The fourth-order valence-corrected chi connectivity index (χ4v) is 5.01. The van der Waals surface area contributed by atoms with Crippen LogP contribution in [0.3, 0.4) is 0 Å². The molecule has 1 saturated heterocycles. The van der Waals surface area contributed by atoms with Gasteiger partial charge in [0.05, 0.1) is 12.0 Å². The fraction of sp³-hybridized carbons (Fsp3) is 0.613. The molecule has 0 radical (unpaired) electrons. The van der Waals surface area contributed by atoms with Gasteiger partial charge >= 0.3 is 5.97 Å². The number of hydrogen-bond acceptors (Lipinski definition) is 11. The van der Waals surface area contributed by atoms with E-state index in [4.69, 9.17) is 9.47 Å². The zero-order valence-corrected chi connectivity index (χ0v) is 26.4. The summed E-state index contributed by atoms with van der Waals surface area (Å²) in [5.74, 6) is -2.93. The second-order valence-corrected chi connectivity index (χ2v) is 11.5. The topological polar surface area (TPSA) is 207 Å². The minimum Gasteiger partial charge on any atom is -0.507 e. The van der Waals surface area contributed by atoms with Crippen LogP contribution >= 0.6 is 0 Å². The minimum atomic E-state index is -1.14. The Balaban J connectivity index is 1.60. The van der Waals surface area contributed by atoms with Crippen molar-refractivity contribution in [1.29, 1.82) is 0 Å². The third kappa shape index (κ3) is 11.0. The molecule has 46 heavy (non-hydrogen) atoms. The highest BCUT2D eigenvalue weighted by Crippen LogP contribution is 2.21. The molecule has 15 nitrogen and oxygen atoms in total. The summed E-state index contributed by atoms with van der Waals surface area (Å²) in [5, 5.41) is 36.4. The summed E-state index contributed by atoms with van der Waals surface area (Å²) in [4.78, 5) is 67.5. The number of para-hydroxylation sites is 1. The van der Waals surface area contributed by atoms with Crippen LogP contribution in [0.25, 0.3) is 0 Å². The summed E-state index contributed by atoms with van der Waals surface area (Å²) in [7, 11) is 0. The van der Waals surface area contributed by atoms with E-state index in [1.807, 2.05) is 6.92 Å². The van der Waals surface area contributed by atoms with E-state index in [1.165, 1.54) is 13.0 Å². The maximum Gasteiger partial charge on any atom is 0.328 e. The predicted molar refractivity (Wildman–Crippen MR) is 163 cm³/mol. The average Bonchev–Trinajstić information content (AvgIpc) is 3.46. The van der Waals surface area contributed by atoms with Crippen molar-refractivity contribution in [2.75, 3.05) is 19.7 Å². The van der Waals surface area contributed by atoms with Gasteiger partial charge in [0.1, 0.15) is 30.5 Å². The van der Waals surface area contributed by atoms with Crippen molar-refractivity contribution in [3.63, 3.8) is 0 Å². The zero-order chi connectivity index (χ0) is 33.6. The molecule has 1 aromatic carbocycles. The molecule has 1 aromatic rings. The van der Waals surface area contributed by atoms with Gasteiger partial charge in [-0.1, -0.05) is 25.5 Å². The minimum absolute atomic E-state index is 0.0463. The molecule has 0 aliphatic carbocycles. The largest absolute Gasteiger partial charge is 0.507 e. The van der Waals surface area contributed by atoms with Crippen molar-refractivity contribution >= 4 is 35.5 Å². The maximum absolute atomic E-state index is 13.2. The standard InChI is InChI=1S/C31H45N5O10/c1-3-4-15-27(39)35(43)16-9-8-13-23(33-28(40)24-19-45-29(34-24)21-11-5-6-14-25(21)37)31(42)46-20(2)18-26(38)32-22-12-7-10-17-36(44)30(22)41/h5-6,11,14,20,22-24,37,43-44H,3-4,7-10,12-13,15-19H2,1-2H3,(H,32,38)(H,33,40)/t20-,22-,23-,24-/m0/s1. The van der Waals surface area contributed by atoms with Crippen molar-refractivity contribution < 1.29 is 49.0 Å². The van der Waals surface area contributed by atoms with E-state index in [9.17, 15) is 39.5 Å². The van der Waals surface area contributed by atoms with Crippen LogP contribution < -0.4 is 10.6 Å². The van der Waals surface area contributed by atoms with Gasteiger partial charge in [-0.05, 0) is 64.0 Å². The molecule has 1 fully saturated rings. The molecule has 2 aliphatic heterocycles. The second-order valence-electron chi connectivity index (χ2n) is 11.5. The Morgan fingerprint density at radius 2 is 1.93 bits per heavy atom. The summed E-state index contributed by atoms with van der Waals surface area (Å²) >= 11 is 0. The number of rotatable bonds is 16. The first-order chi connectivity index (χ1) is 22.0. The van der Waals surface area contributed by atoms with Crippen molar-refractivity contribution in [3.8, 4) is 5.75 Å². The number of esters is 1. The Bertz CT molecular complexity index is 1260. The van der Waals surface area contributed by atoms with Gasteiger partial charge in [-0.2, -0.15) is 0 Å². The van der Waals surface area contributed by atoms with E-state index in [0.717, 1.165) is 6.42 Å². The number of aliphatic imine (C=N–C) groups is 1. The number of carbonyl (C=O) groups excluding carboxylic acids is 5. The number of phenols is 1. The number of nitrogens with one attached hydrogen (secondary N) is 2. The van der Waals surface area contributed by atoms with Crippen LogP contribution in [0.15, 0.2) is 29.3 Å². The third-order valence-electron chi connectivity index (χ3n) is 7.62. The number of carbonyl (C=O) groups is 5. The lowest BCUT2D eigenvalue weighted by molar-refractivity contribution is -0.167. The second kappa shape index (κ2) is 18.0. The van der Waals surface area contributed by atoms with E-state index in [0.29, 0.717) is 54.2 Å². The molecule has 4 amide bonds. The molecule has 0 unspecified atom stereocenters. The Morgan fingerprint density at radius 3 is 2.67 bits per heavy atom. The van der Waals surface area contributed by atoms with Crippen LogP contribution in [-0.4, -0.2) is 105 Å². The average molecular weight is 648 g/mol. The first-order valence-corrected chi connectivity index (χ1v) is 15.8. The molecular formula is C31H45N5O10. The molecular weight excluding hydrogens is 602 g/mol. The maximum atomic E-state index is 13.2. The number of amides is 4. The molecule has 2 aliphatic rings. The Labute approximate surface area is 267 Å². The first kappa shape index (κ1) is 36.2. The lowest BCUT2D eigenvalue weighted by atomic mass is 10.1. The molecule has 15 heteroatoms. The zero-order valence-electron chi connectivity index (χ0n) is 26.4. The molecule has 4 atom stereocenters. The molecule has 254 valence electrons. The lowest BCUT2D eigenvalue weighted by Crippen LogP contribution is -2.48. The first-order valence-electron chi connectivity index (χ1n) is 15.8. The SMILES string of the molecule is CCCCC(=O)N(O)CCCC[C@H](NC(=O)[C@@H]1COC(c2ccccc2O)=N1)C(=O)O[C@@H](C)CC(=O)N[C@H]1CCCCN(O)C1=O. The Morgan fingerprint density at radius 1 is 1.17 bits per heavy atom. The van der Waals surface area contributed by atoms with Crippen molar-refractivity contribution in [2.45, 2.75) is 102 Å². The molecule has 0 aromatic heterocycles. The van der Waals surface area contributed by atoms with Gasteiger partial charge in [0.2, 0.25) is 23.6 Å². The van der Waals surface area contributed by atoms with Crippen LogP contribution in [-0.2, 0) is 33.4 Å². The Kier molecular flexibility index (Phi) is 14.2. The molecule has 0 bridgehead atoms. The van der Waals surface area contributed by atoms with E-state index in [2.05, 4.69) is 15.6 Å². The van der Waals surface area contributed by atoms with Crippen molar-refractivity contribution in [2.24, 2.45) is 4.99 Å². The van der Waals surface area contributed by atoms with Gasteiger partial charge in [-0.3, -0.25) is 29.6 Å². The Hall–Kier alpha value is -4.24. The molecule has 2 heterocycles. The normalized spacial score (nSPS) is 19.3. The van der Waals surface area contributed by atoms with Crippen molar-refractivity contribution in [1.82, 2.24) is 20.8 Å². The van der Waals surface area contributed by atoms with Crippen LogP contribution in [0.4, 0.5) is 0 Å². The molecule has 5 N–H and O–H groups in total. The predicted octanol–water partition coefficient (Wildman–Crippen LogP) is 1.81. The van der Waals surface area contributed by atoms with Crippen LogP contribution in [0, 0.1) is 0 Å². The number of nitrogens with zero attached hydrogens (tertiary/aromatic N) is 3. The lowest BCUT2D eigenvalue weighted by Gasteiger charge is -2.23. The van der Waals surface area contributed by atoms with E-state index < -0.39 is 53.8 Å². The quantitative estimate of drug-likeness (QED) is 0.0761. The number of aromatic hydroxyl groups is 1. The molecule has 0 saturated carbocycles. The number of hydrogen-bond donors (Lipinski definition) is 5. The molecule has 3 rings (SSSR count). The molecule has 0 spiro atoms. The van der Waals surface area contributed by atoms with E-state index in [1.54, 1.807) is 18.2 Å². The van der Waals surface area contributed by atoms with Crippen LogP contribution in [0.2, 0.25) is 0 Å². The fourth-order valence-electron chi connectivity index (χ4n) is 5.01.